The third-order valence-corrected chi connectivity index (χ3v) is 2.23. The molecule has 0 aliphatic rings. The molecule has 0 aromatic rings. The molecule has 0 aromatic carbocycles. The van der Waals surface area contributed by atoms with Gasteiger partial charge in [0.15, 0.2) is 0 Å². The van der Waals surface area contributed by atoms with Crippen molar-refractivity contribution in [1.82, 2.24) is 0 Å². The van der Waals surface area contributed by atoms with Crippen molar-refractivity contribution in [2.75, 3.05) is 21.3 Å². The van der Waals surface area contributed by atoms with Gasteiger partial charge in [0.1, 0.15) is 0 Å². The van der Waals surface area contributed by atoms with Crippen molar-refractivity contribution in [1.29, 1.82) is 0 Å². The first kappa shape index (κ1) is 12.8. The summed E-state index contributed by atoms with van der Waals surface area (Å²) >= 11 is 0. The van der Waals surface area contributed by atoms with E-state index in [1.165, 1.54) is 0 Å². The first-order valence-electron chi connectivity index (χ1n) is 3.49. The number of carbonyl (C=O) groups excluding carboxylic acids is 3. The Morgan fingerprint density at radius 3 is 1.21 bits per heavy atom. The van der Waals surface area contributed by atoms with Gasteiger partial charge in [0.2, 0.25) is 0 Å². The van der Waals surface area contributed by atoms with Crippen molar-refractivity contribution in [3.05, 3.63) is 0 Å². The minimum absolute atomic E-state index is 1.05. The molecular formula is C7H11O6P. The predicted octanol–water partition coefficient (Wildman–Crippen LogP) is -0.881. The number of esters is 3. The van der Waals surface area contributed by atoms with Gasteiger partial charge in [-0.15, -0.1) is 0 Å². The molecule has 0 spiro atoms. The van der Waals surface area contributed by atoms with E-state index >= 15 is 0 Å². The molecule has 0 rings (SSSR count). The third-order valence-electron chi connectivity index (χ3n) is 1.52. The second-order valence-electron chi connectivity index (χ2n) is 2.28. The maximum absolute atomic E-state index is 11.2. The lowest BCUT2D eigenvalue weighted by atomic mass is 10.1. The van der Waals surface area contributed by atoms with Gasteiger partial charge in [-0.05, 0) is 0 Å². The van der Waals surface area contributed by atoms with E-state index < -0.39 is 23.1 Å². The fourth-order valence-electron chi connectivity index (χ4n) is 0.733. The zero-order valence-corrected chi connectivity index (χ0v) is 9.18. The van der Waals surface area contributed by atoms with Crippen LogP contribution in [0, 0.1) is 0 Å². The van der Waals surface area contributed by atoms with Gasteiger partial charge in [-0.2, -0.15) is 0 Å². The Kier molecular flexibility index (Phi) is 4.50. The molecule has 0 heterocycles. The van der Waals surface area contributed by atoms with Crippen LogP contribution in [0.1, 0.15) is 0 Å². The maximum Gasteiger partial charge on any atom is 0.338 e. The van der Waals surface area contributed by atoms with Crippen molar-refractivity contribution in [3.8, 4) is 0 Å². The van der Waals surface area contributed by atoms with Gasteiger partial charge in [-0.1, -0.05) is 9.24 Å². The Bertz CT molecular complexity index is 220. The van der Waals surface area contributed by atoms with Crippen molar-refractivity contribution in [2.45, 2.75) is 5.16 Å². The summed E-state index contributed by atoms with van der Waals surface area (Å²) in [5.41, 5.74) is 0. The van der Waals surface area contributed by atoms with Crippen molar-refractivity contribution < 1.29 is 28.6 Å². The summed E-state index contributed by atoms with van der Waals surface area (Å²) in [7, 11) is 4.92. The lowest BCUT2D eigenvalue weighted by Gasteiger charge is -2.20. The van der Waals surface area contributed by atoms with Crippen LogP contribution in [-0.2, 0) is 28.6 Å². The van der Waals surface area contributed by atoms with Gasteiger partial charge in [-0.3, -0.25) is 0 Å². The predicted molar refractivity (Wildman–Crippen MR) is 48.5 cm³/mol. The Balaban J connectivity index is 5.14. The zero-order valence-electron chi connectivity index (χ0n) is 8.03. The van der Waals surface area contributed by atoms with E-state index in [0.29, 0.717) is 0 Å². The van der Waals surface area contributed by atoms with Crippen LogP contribution in [0.3, 0.4) is 0 Å². The Morgan fingerprint density at radius 1 is 0.857 bits per heavy atom. The Hall–Kier alpha value is -1.16. The molecule has 0 saturated carbocycles. The number of ether oxygens (including phenoxy) is 3. The fourth-order valence-corrected chi connectivity index (χ4v) is 1.09. The largest absolute Gasteiger partial charge is 0.467 e. The van der Waals surface area contributed by atoms with E-state index in [2.05, 4.69) is 14.2 Å². The van der Waals surface area contributed by atoms with Gasteiger partial charge < -0.3 is 14.2 Å². The van der Waals surface area contributed by atoms with Crippen molar-refractivity contribution >= 4 is 27.1 Å². The van der Waals surface area contributed by atoms with Gasteiger partial charge in [0, 0.05) is 0 Å². The van der Waals surface area contributed by atoms with E-state index in [1.807, 2.05) is 0 Å². The first-order valence-corrected chi connectivity index (χ1v) is 4.07. The lowest BCUT2D eigenvalue weighted by Crippen LogP contribution is -2.50. The van der Waals surface area contributed by atoms with Crippen LogP contribution in [0.5, 0.6) is 0 Å². The Labute approximate surface area is 83.1 Å². The molecule has 1 atom stereocenters. The molecule has 80 valence electrons. The molecule has 14 heavy (non-hydrogen) atoms. The molecule has 0 aromatic heterocycles. The third kappa shape index (κ3) is 2.01. The van der Waals surface area contributed by atoms with Crippen LogP contribution >= 0.6 is 9.24 Å². The molecule has 1 unspecified atom stereocenters. The average Bonchev–Trinajstić information content (AvgIpc) is 2.24. The van der Waals surface area contributed by atoms with E-state index in [0.717, 1.165) is 21.3 Å². The number of hydrogen-bond donors (Lipinski definition) is 0. The van der Waals surface area contributed by atoms with Crippen LogP contribution in [-0.4, -0.2) is 44.4 Å². The van der Waals surface area contributed by atoms with Crippen LogP contribution in [0.15, 0.2) is 0 Å². The van der Waals surface area contributed by atoms with E-state index in [-0.39, 0.29) is 0 Å². The van der Waals surface area contributed by atoms with Crippen molar-refractivity contribution in [2.24, 2.45) is 0 Å². The molecule has 0 aliphatic carbocycles. The number of hydrogen-bond acceptors (Lipinski definition) is 6. The smallest absolute Gasteiger partial charge is 0.338 e. The highest BCUT2D eigenvalue weighted by atomic mass is 31.0. The van der Waals surface area contributed by atoms with E-state index in [9.17, 15) is 14.4 Å². The lowest BCUT2D eigenvalue weighted by molar-refractivity contribution is -0.165. The van der Waals surface area contributed by atoms with Crippen molar-refractivity contribution in [3.63, 3.8) is 0 Å². The molecule has 0 fully saturated rings. The minimum Gasteiger partial charge on any atom is -0.467 e. The van der Waals surface area contributed by atoms with Crippen LogP contribution < -0.4 is 0 Å². The first-order chi connectivity index (χ1) is 6.44. The van der Waals surface area contributed by atoms with Gasteiger partial charge >= 0.3 is 17.9 Å². The molecule has 0 saturated heterocycles. The SMILES string of the molecule is COC(=O)C(P)(C(=O)OC)C(=O)OC. The summed E-state index contributed by atoms with van der Waals surface area (Å²) < 4.78 is 12.9. The summed E-state index contributed by atoms with van der Waals surface area (Å²) in [6.45, 7) is 0. The Morgan fingerprint density at radius 2 is 1.07 bits per heavy atom. The molecular weight excluding hydrogens is 211 g/mol. The summed E-state index contributed by atoms with van der Waals surface area (Å²) in [6.07, 6.45) is 0. The monoisotopic (exact) mass is 222 g/mol. The zero-order chi connectivity index (χ0) is 11.4. The molecule has 0 bridgehead atoms. The second-order valence-corrected chi connectivity index (χ2v) is 3.15. The summed E-state index contributed by atoms with van der Waals surface area (Å²) in [6, 6.07) is 0. The number of methoxy groups -OCH3 is 3. The van der Waals surface area contributed by atoms with Crippen LogP contribution in [0.2, 0.25) is 0 Å². The molecule has 0 radical (unpaired) electrons. The highest BCUT2D eigenvalue weighted by Gasteiger charge is 2.52. The average molecular weight is 222 g/mol. The number of carbonyl (C=O) groups is 3. The van der Waals surface area contributed by atoms with Crippen LogP contribution in [0.25, 0.3) is 0 Å². The second kappa shape index (κ2) is 4.91. The highest BCUT2D eigenvalue weighted by Crippen LogP contribution is 2.23. The molecule has 0 amide bonds. The highest BCUT2D eigenvalue weighted by molar-refractivity contribution is 7.25. The molecule has 0 N–H and O–H groups in total. The standard InChI is InChI=1S/C7H11O6P/c1-11-4(8)7(14,5(9)12-2)6(10)13-3/h14H2,1-3H3. The van der Waals surface area contributed by atoms with Gasteiger partial charge in [0.05, 0.1) is 21.3 Å². The maximum atomic E-state index is 11.2. The molecule has 6 nitrogen and oxygen atoms in total. The fraction of sp³-hybridized carbons (Fsp3) is 0.571. The summed E-state index contributed by atoms with van der Waals surface area (Å²) in [5.74, 6) is -3.16. The molecule has 0 aliphatic heterocycles. The van der Waals surface area contributed by atoms with Gasteiger partial charge in [0.25, 0.3) is 5.16 Å². The summed E-state index contributed by atoms with van der Waals surface area (Å²) in [4.78, 5) is 33.6. The molecule has 7 heteroatoms. The van der Waals surface area contributed by atoms with E-state index in [1.54, 1.807) is 9.24 Å². The normalized spacial score (nSPS) is 10.3. The quantitative estimate of drug-likeness (QED) is 0.267. The minimum atomic E-state index is -2.14. The topological polar surface area (TPSA) is 78.9 Å². The number of rotatable bonds is 3. The van der Waals surface area contributed by atoms with Gasteiger partial charge in [-0.25, -0.2) is 14.4 Å². The van der Waals surface area contributed by atoms with E-state index in [4.69, 9.17) is 0 Å². The van der Waals surface area contributed by atoms with Crippen LogP contribution in [0.4, 0.5) is 0 Å². The summed E-state index contributed by atoms with van der Waals surface area (Å²) in [5, 5.41) is -2.14.